The summed E-state index contributed by atoms with van der Waals surface area (Å²) in [5.74, 6) is 0.252. The molecular weight excluding hydrogens is 344 g/mol. The molecule has 0 radical (unpaired) electrons. The number of aryl methyl sites for hydroxylation is 1. The van der Waals surface area contributed by atoms with Crippen molar-refractivity contribution in [2.24, 2.45) is 5.73 Å². The number of fused-ring (bicyclic) bond motifs is 1. The Morgan fingerprint density at radius 3 is 2.71 bits per heavy atom. The molecule has 8 heteroatoms. The van der Waals surface area contributed by atoms with Crippen LogP contribution in [0.1, 0.15) is 5.82 Å². The molecule has 3 N–H and O–H groups in total. The number of urea groups is 1. The van der Waals surface area contributed by atoms with Crippen LogP contribution >= 0.6 is 23.1 Å². The molecule has 2 heterocycles. The van der Waals surface area contributed by atoms with E-state index in [1.807, 2.05) is 48.6 Å². The number of carbonyl (C=O) groups excluding carboxylic acids is 2. The van der Waals surface area contributed by atoms with Gasteiger partial charge in [-0.3, -0.25) is 10.1 Å². The van der Waals surface area contributed by atoms with Crippen LogP contribution in [0.25, 0.3) is 20.7 Å². The lowest BCUT2D eigenvalue weighted by Crippen LogP contribution is -2.36. The molecule has 3 aromatic rings. The van der Waals surface area contributed by atoms with Crippen molar-refractivity contribution in [3.05, 3.63) is 42.2 Å². The van der Waals surface area contributed by atoms with Gasteiger partial charge in [-0.1, -0.05) is 42.1 Å². The number of thioether (sulfide) groups is 1. The second-order valence-corrected chi connectivity index (χ2v) is 6.97. The van der Waals surface area contributed by atoms with Crippen molar-refractivity contribution in [1.29, 1.82) is 0 Å². The summed E-state index contributed by atoms with van der Waals surface area (Å²) in [6.45, 7) is 1.81. The molecule has 24 heavy (non-hydrogen) atoms. The molecule has 0 aliphatic rings. The molecule has 0 aliphatic carbocycles. The summed E-state index contributed by atoms with van der Waals surface area (Å²) in [7, 11) is 0. The molecule has 0 bridgehead atoms. The van der Waals surface area contributed by atoms with Crippen molar-refractivity contribution in [2.75, 3.05) is 5.75 Å². The number of hydrogen-bond donors (Lipinski definition) is 2. The van der Waals surface area contributed by atoms with E-state index < -0.39 is 11.9 Å². The van der Waals surface area contributed by atoms with Crippen molar-refractivity contribution in [2.45, 2.75) is 11.9 Å². The maximum atomic E-state index is 11.6. The highest BCUT2D eigenvalue weighted by Gasteiger charge is 2.14. The van der Waals surface area contributed by atoms with Crippen LogP contribution in [-0.2, 0) is 4.79 Å². The summed E-state index contributed by atoms with van der Waals surface area (Å²) >= 11 is 2.84. The molecule has 3 rings (SSSR count). The maximum absolute atomic E-state index is 11.6. The third kappa shape index (κ3) is 3.72. The van der Waals surface area contributed by atoms with Crippen LogP contribution < -0.4 is 11.1 Å². The van der Waals surface area contributed by atoms with Crippen molar-refractivity contribution in [3.8, 4) is 10.4 Å². The molecule has 0 atom stereocenters. The van der Waals surface area contributed by atoms with E-state index in [9.17, 15) is 9.59 Å². The summed E-state index contributed by atoms with van der Waals surface area (Å²) in [4.78, 5) is 33.2. The average Bonchev–Trinajstić information content (AvgIpc) is 2.96. The Hall–Kier alpha value is -2.45. The van der Waals surface area contributed by atoms with E-state index in [0.717, 1.165) is 25.7 Å². The second kappa shape index (κ2) is 6.98. The third-order valence-corrected chi connectivity index (χ3v) is 5.20. The zero-order valence-electron chi connectivity index (χ0n) is 12.8. The van der Waals surface area contributed by atoms with Crippen molar-refractivity contribution in [1.82, 2.24) is 15.3 Å². The molecule has 2 aromatic heterocycles. The topological polar surface area (TPSA) is 98.0 Å². The van der Waals surface area contributed by atoms with E-state index in [0.29, 0.717) is 5.82 Å². The van der Waals surface area contributed by atoms with E-state index in [1.165, 1.54) is 11.8 Å². The van der Waals surface area contributed by atoms with Gasteiger partial charge < -0.3 is 5.73 Å². The Bertz CT molecular complexity index is 909. The Morgan fingerprint density at radius 1 is 1.25 bits per heavy atom. The van der Waals surface area contributed by atoms with E-state index in [1.54, 1.807) is 11.3 Å². The molecule has 0 spiro atoms. The van der Waals surface area contributed by atoms with E-state index in [-0.39, 0.29) is 5.75 Å². The van der Waals surface area contributed by atoms with Gasteiger partial charge in [0.1, 0.15) is 15.7 Å². The number of nitrogens with zero attached hydrogens (tertiary/aromatic N) is 2. The van der Waals surface area contributed by atoms with Gasteiger partial charge in [0.15, 0.2) is 0 Å². The summed E-state index contributed by atoms with van der Waals surface area (Å²) in [6, 6.07) is 11.2. The first-order chi connectivity index (χ1) is 11.5. The van der Waals surface area contributed by atoms with Crippen LogP contribution in [0.5, 0.6) is 0 Å². The lowest BCUT2D eigenvalue weighted by atomic mass is 10.2. The van der Waals surface area contributed by atoms with Gasteiger partial charge in [0, 0.05) is 10.3 Å². The van der Waals surface area contributed by atoms with Crippen molar-refractivity contribution < 1.29 is 9.59 Å². The fraction of sp³-hybridized carbons (Fsp3) is 0.125. The standard InChI is InChI=1S/C16H14N4O2S2/c1-9-18-14(23-8-13(21)20-16(17)22)11-7-12(24-15(11)19-9)10-5-3-2-4-6-10/h2-7H,8H2,1H3,(H3,17,20,21,22). The summed E-state index contributed by atoms with van der Waals surface area (Å²) < 4.78 is 0. The number of aromatic nitrogens is 2. The number of hydrogen-bond acceptors (Lipinski definition) is 6. The minimum Gasteiger partial charge on any atom is -0.351 e. The van der Waals surface area contributed by atoms with E-state index in [4.69, 9.17) is 5.73 Å². The highest BCUT2D eigenvalue weighted by atomic mass is 32.2. The van der Waals surface area contributed by atoms with Gasteiger partial charge in [0.2, 0.25) is 5.91 Å². The van der Waals surface area contributed by atoms with Gasteiger partial charge in [-0.25, -0.2) is 14.8 Å². The minimum absolute atomic E-state index is 0.0605. The summed E-state index contributed by atoms with van der Waals surface area (Å²) in [5.41, 5.74) is 6.05. The number of rotatable bonds is 4. The first kappa shape index (κ1) is 16.4. The maximum Gasteiger partial charge on any atom is 0.318 e. The second-order valence-electron chi connectivity index (χ2n) is 4.97. The normalized spacial score (nSPS) is 10.7. The Morgan fingerprint density at radius 2 is 2.00 bits per heavy atom. The predicted octanol–water partition coefficient (Wildman–Crippen LogP) is 2.95. The third-order valence-electron chi connectivity index (χ3n) is 3.13. The summed E-state index contributed by atoms with van der Waals surface area (Å²) in [5, 5.41) is 3.67. The van der Waals surface area contributed by atoms with Gasteiger partial charge in [-0.05, 0) is 18.6 Å². The molecule has 0 saturated carbocycles. The van der Waals surface area contributed by atoms with Gasteiger partial charge >= 0.3 is 6.03 Å². The average molecular weight is 358 g/mol. The Kier molecular flexibility index (Phi) is 4.77. The molecule has 0 unspecified atom stereocenters. The quantitative estimate of drug-likeness (QED) is 0.552. The van der Waals surface area contributed by atoms with E-state index >= 15 is 0 Å². The van der Waals surface area contributed by atoms with Gasteiger partial charge in [-0.15, -0.1) is 11.3 Å². The number of amides is 3. The molecule has 3 amide bonds. The minimum atomic E-state index is -0.855. The molecule has 1 aromatic carbocycles. The predicted molar refractivity (Wildman–Crippen MR) is 96.0 cm³/mol. The molecule has 6 nitrogen and oxygen atoms in total. The highest BCUT2D eigenvalue weighted by Crippen LogP contribution is 2.36. The zero-order valence-corrected chi connectivity index (χ0v) is 14.4. The number of benzene rings is 1. The van der Waals surface area contributed by atoms with Crippen LogP contribution in [0.15, 0.2) is 41.4 Å². The van der Waals surface area contributed by atoms with Crippen LogP contribution in [0.2, 0.25) is 0 Å². The lowest BCUT2D eigenvalue weighted by Gasteiger charge is -2.03. The SMILES string of the molecule is Cc1nc(SCC(=O)NC(N)=O)c2cc(-c3ccccc3)sc2n1. The van der Waals surface area contributed by atoms with Crippen LogP contribution in [0, 0.1) is 6.92 Å². The number of thiophene rings is 1. The number of primary amides is 1. The van der Waals surface area contributed by atoms with Crippen molar-refractivity contribution >= 4 is 45.3 Å². The van der Waals surface area contributed by atoms with Gasteiger partial charge in [0.25, 0.3) is 0 Å². The Balaban J connectivity index is 1.91. The largest absolute Gasteiger partial charge is 0.351 e. The van der Waals surface area contributed by atoms with Crippen LogP contribution in [0.4, 0.5) is 4.79 Å². The van der Waals surface area contributed by atoms with Crippen molar-refractivity contribution in [3.63, 3.8) is 0 Å². The van der Waals surface area contributed by atoms with E-state index in [2.05, 4.69) is 9.97 Å². The molecular formula is C16H14N4O2S2. The fourth-order valence-corrected chi connectivity index (χ4v) is 4.15. The first-order valence-corrected chi connectivity index (χ1v) is 8.89. The molecule has 122 valence electrons. The Labute approximate surface area is 146 Å². The summed E-state index contributed by atoms with van der Waals surface area (Å²) in [6.07, 6.45) is 0. The molecule has 0 aliphatic heterocycles. The van der Waals surface area contributed by atoms with Gasteiger partial charge in [0.05, 0.1) is 5.75 Å². The first-order valence-electron chi connectivity index (χ1n) is 7.08. The zero-order chi connectivity index (χ0) is 17.1. The monoisotopic (exact) mass is 358 g/mol. The number of nitrogens with two attached hydrogens (primary N) is 1. The van der Waals surface area contributed by atoms with Crippen LogP contribution in [0.3, 0.4) is 0 Å². The smallest absolute Gasteiger partial charge is 0.318 e. The number of imide groups is 1. The number of nitrogens with one attached hydrogen (secondary N) is 1. The molecule has 0 fully saturated rings. The van der Waals surface area contributed by atoms with Crippen LogP contribution in [-0.4, -0.2) is 27.7 Å². The highest BCUT2D eigenvalue weighted by molar-refractivity contribution is 8.00. The number of carbonyl (C=O) groups is 2. The lowest BCUT2D eigenvalue weighted by molar-refractivity contribution is -0.117. The van der Waals surface area contributed by atoms with Gasteiger partial charge in [-0.2, -0.15) is 0 Å². The fourth-order valence-electron chi connectivity index (χ4n) is 2.16. The molecule has 0 saturated heterocycles.